The van der Waals surface area contributed by atoms with Crippen LogP contribution in [0.3, 0.4) is 0 Å². The maximum atomic E-state index is 10.4. The summed E-state index contributed by atoms with van der Waals surface area (Å²) < 4.78 is 33.5. The quantitative estimate of drug-likeness (QED) is 0.118. The van der Waals surface area contributed by atoms with Gasteiger partial charge in [-0.05, 0) is 19.3 Å². The fourth-order valence-electron chi connectivity index (χ4n) is 3.90. The Kier molecular flexibility index (Phi) is 21.9. The van der Waals surface area contributed by atoms with Gasteiger partial charge in [0.2, 0.25) is 0 Å². The first-order valence-corrected chi connectivity index (χ1v) is 14.1. The Labute approximate surface area is 187 Å². The number of unbranched alkanes of at least 4 members (excludes halogenated alkanes) is 17. The van der Waals surface area contributed by atoms with Crippen molar-refractivity contribution in [3.05, 3.63) is 0 Å². The van der Waals surface area contributed by atoms with Gasteiger partial charge in [-0.3, -0.25) is 4.55 Å². The van der Waals surface area contributed by atoms with Gasteiger partial charge >= 0.3 is 10.4 Å². The van der Waals surface area contributed by atoms with Crippen LogP contribution in [0.5, 0.6) is 0 Å². The van der Waals surface area contributed by atoms with E-state index >= 15 is 0 Å². The van der Waals surface area contributed by atoms with E-state index in [0.717, 1.165) is 38.5 Å². The molecule has 0 rings (SSSR count). The molecule has 0 bridgehead atoms. The smallest absolute Gasteiger partial charge is 0.393 e. The standard InChI is InChI=1S/C24H50O5S/c1-2-3-4-5-6-7-9-12-15-18-21-24(25)22-19-16-13-10-8-11-14-17-20-23-29-30(26,27)28/h24-25H,2-23H2,1H3,(H,26,27,28). The van der Waals surface area contributed by atoms with Crippen LogP contribution in [-0.4, -0.2) is 30.8 Å². The van der Waals surface area contributed by atoms with Crippen molar-refractivity contribution >= 4 is 10.4 Å². The van der Waals surface area contributed by atoms with Gasteiger partial charge < -0.3 is 5.11 Å². The lowest BCUT2D eigenvalue weighted by Gasteiger charge is -2.10. The van der Waals surface area contributed by atoms with Crippen molar-refractivity contribution in [1.29, 1.82) is 0 Å². The Bertz CT molecular complexity index is 439. The first kappa shape index (κ1) is 29.8. The van der Waals surface area contributed by atoms with Gasteiger partial charge in [-0.25, -0.2) is 4.18 Å². The van der Waals surface area contributed by atoms with Crippen LogP contribution < -0.4 is 0 Å². The number of aliphatic hydroxyl groups excluding tert-OH is 1. The van der Waals surface area contributed by atoms with Crippen LogP contribution in [0.15, 0.2) is 0 Å². The summed E-state index contributed by atoms with van der Waals surface area (Å²) in [4.78, 5) is 0. The molecule has 0 aromatic rings. The molecule has 1 unspecified atom stereocenters. The molecular weight excluding hydrogens is 400 g/mol. The van der Waals surface area contributed by atoms with Gasteiger partial charge in [0.05, 0.1) is 12.7 Å². The van der Waals surface area contributed by atoms with Gasteiger partial charge in [0.25, 0.3) is 0 Å². The van der Waals surface area contributed by atoms with E-state index < -0.39 is 10.4 Å². The molecule has 5 nitrogen and oxygen atoms in total. The highest BCUT2D eigenvalue weighted by molar-refractivity contribution is 7.80. The van der Waals surface area contributed by atoms with Gasteiger partial charge in [0, 0.05) is 0 Å². The fourth-order valence-corrected chi connectivity index (χ4v) is 4.22. The first-order valence-electron chi connectivity index (χ1n) is 12.8. The van der Waals surface area contributed by atoms with E-state index in [9.17, 15) is 13.5 Å². The second-order valence-corrected chi connectivity index (χ2v) is 9.94. The summed E-state index contributed by atoms with van der Waals surface area (Å²) in [7, 11) is -4.27. The Morgan fingerprint density at radius 3 is 1.30 bits per heavy atom. The van der Waals surface area contributed by atoms with E-state index in [0.29, 0.717) is 6.42 Å². The molecule has 182 valence electrons. The molecule has 0 aromatic heterocycles. The highest BCUT2D eigenvalue weighted by Crippen LogP contribution is 2.15. The minimum Gasteiger partial charge on any atom is -0.393 e. The Balaban J connectivity index is 3.19. The summed E-state index contributed by atoms with van der Waals surface area (Å²) >= 11 is 0. The van der Waals surface area contributed by atoms with Crippen molar-refractivity contribution in [3.8, 4) is 0 Å². The third-order valence-corrected chi connectivity index (χ3v) is 6.27. The van der Waals surface area contributed by atoms with E-state index in [4.69, 9.17) is 4.55 Å². The highest BCUT2D eigenvalue weighted by Gasteiger charge is 2.04. The predicted molar refractivity (Wildman–Crippen MR) is 126 cm³/mol. The van der Waals surface area contributed by atoms with Crippen molar-refractivity contribution in [2.75, 3.05) is 6.61 Å². The molecule has 0 aliphatic heterocycles. The molecule has 0 aliphatic carbocycles. The van der Waals surface area contributed by atoms with Crippen molar-refractivity contribution in [2.24, 2.45) is 0 Å². The number of hydrogen-bond acceptors (Lipinski definition) is 4. The summed E-state index contributed by atoms with van der Waals surface area (Å²) in [6, 6.07) is 0. The second kappa shape index (κ2) is 22.0. The third kappa shape index (κ3) is 25.9. The van der Waals surface area contributed by atoms with E-state index in [2.05, 4.69) is 11.1 Å². The molecule has 1 atom stereocenters. The van der Waals surface area contributed by atoms with Crippen LogP contribution in [0.4, 0.5) is 0 Å². The molecular formula is C24H50O5S. The topological polar surface area (TPSA) is 83.8 Å². The minimum atomic E-state index is -4.27. The molecule has 0 amide bonds. The van der Waals surface area contributed by atoms with E-state index in [1.807, 2.05) is 0 Å². The van der Waals surface area contributed by atoms with Crippen LogP contribution in [0.25, 0.3) is 0 Å². The summed E-state index contributed by atoms with van der Waals surface area (Å²) in [5, 5.41) is 10.1. The Morgan fingerprint density at radius 2 is 0.933 bits per heavy atom. The largest absolute Gasteiger partial charge is 0.397 e. The normalized spacial score (nSPS) is 13.0. The molecule has 30 heavy (non-hydrogen) atoms. The van der Waals surface area contributed by atoms with Gasteiger partial charge in [0.1, 0.15) is 0 Å². The van der Waals surface area contributed by atoms with Crippen LogP contribution in [0.2, 0.25) is 0 Å². The molecule has 0 heterocycles. The lowest BCUT2D eigenvalue weighted by molar-refractivity contribution is 0.147. The maximum absolute atomic E-state index is 10.4. The Morgan fingerprint density at radius 1 is 0.600 bits per heavy atom. The lowest BCUT2D eigenvalue weighted by atomic mass is 10.0. The fraction of sp³-hybridized carbons (Fsp3) is 1.00. The monoisotopic (exact) mass is 450 g/mol. The van der Waals surface area contributed by atoms with Crippen molar-refractivity contribution in [1.82, 2.24) is 0 Å². The SMILES string of the molecule is CCCCCCCCCCCCC(O)CCCCCCCCCCCOS(=O)(=O)O. The number of hydrogen-bond donors (Lipinski definition) is 2. The van der Waals surface area contributed by atoms with Gasteiger partial charge in [0.15, 0.2) is 0 Å². The molecule has 2 N–H and O–H groups in total. The summed E-state index contributed by atoms with van der Waals surface area (Å²) in [6.45, 7) is 2.33. The zero-order valence-corrected chi connectivity index (χ0v) is 20.5. The van der Waals surface area contributed by atoms with Gasteiger partial charge in [-0.15, -0.1) is 0 Å². The van der Waals surface area contributed by atoms with Crippen LogP contribution in [0.1, 0.15) is 142 Å². The molecule has 0 saturated heterocycles. The Hall–Kier alpha value is -0.170. The van der Waals surface area contributed by atoms with Crippen LogP contribution in [0, 0.1) is 0 Å². The third-order valence-electron chi connectivity index (χ3n) is 5.80. The van der Waals surface area contributed by atoms with Gasteiger partial charge in [-0.2, -0.15) is 8.42 Å². The van der Waals surface area contributed by atoms with Crippen LogP contribution >= 0.6 is 0 Å². The predicted octanol–water partition coefficient (Wildman–Crippen LogP) is 7.38. The van der Waals surface area contributed by atoms with E-state index in [1.54, 1.807) is 0 Å². The maximum Gasteiger partial charge on any atom is 0.397 e. The average Bonchev–Trinajstić information content (AvgIpc) is 2.69. The van der Waals surface area contributed by atoms with Crippen LogP contribution in [-0.2, 0) is 14.6 Å². The summed E-state index contributed by atoms with van der Waals surface area (Å²) in [6.07, 6.45) is 25.1. The van der Waals surface area contributed by atoms with Crippen molar-refractivity contribution in [2.45, 2.75) is 148 Å². The second-order valence-electron chi connectivity index (χ2n) is 8.84. The summed E-state index contributed by atoms with van der Waals surface area (Å²) in [5.41, 5.74) is 0. The number of aliphatic hydroxyl groups is 1. The van der Waals surface area contributed by atoms with E-state index in [1.165, 1.54) is 89.9 Å². The molecule has 0 fully saturated rings. The molecule has 0 saturated carbocycles. The number of rotatable bonds is 24. The van der Waals surface area contributed by atoms with Crippen molar-refractivity contribution in [3.63, 3.8) is 0 Å². The minimum absolute atomic E-state index is 0.0697. The zero-order valence-electron chi connectivity index (χ0n) is 19.7. The molecule has 0 aromatic carbocycles. The summed E-state index contributed by atoms with van der Waals surface area (Å²) in [5.74, 6) is 0. The molecule has 6 heteroatoms. The first-order chi connectivity index (χ1) is 14.5. The van der Waals surface area contributed by atoms with Gasteiger partial charge in [-0.1, -0.05) is 122 Å². The molecule has 0 radical (unpaired) electrons. The zero-order chi connectivity index (χ0) is 22.3. The highest BCUT2D eigenvalue weighted by atomic mass is 32.3. The lowest BCUT2D eigenvalue weighted by Crippen LogP contribution is -2.05. The molecule has 0 aliphatic rings. The van der Waals surface area contributed by atoms with Crippen molar-refractivity contribution < 1.29 is 22.3 Å². The van der Waals surface area contributed by atoms with E-state index in [-0.39, 0.29) is 12.7 Å². The average molecular weight is 451 g/mol. The molecule has 0 spiro atoms.